The number of rotatable bonds is 2. The zero-order valence-electron chi connectivity index (χ0n) is 13.8. The SMILES string of the molecule is O=C([C@H]1COC[C@H]2CN(C3CCOCC3)C[C@H]21)N1CCCCO1. The molecule has 0 aromatic rings. The van der Waals surface area contributed by atoms with E-state index in [1.54, 1.807) is 5.06 Å². The van der Waals surface area contributed by atoms with Crippen LogP contribution in [-0.2, 0) is 19.1 Å². The lowest BCUT2D eigenvalue weighted by molar-refractivity contribution is -0.207. The van der Waals surface area contributed by atoms with Gasteiger partial charge in [0.05, 0.1) is 25.7 Å². The van der Waals surface area contributed by atoms with Crippen LogP contribution in [0.3, 0.4) is 0 Å². The van der Waals surface area contributed by atoms with Gasteiger partial charge in [-0.2, -0.15) is 0 Å². The van der Waals surface area contributed by atoms with E-state index in [1.807, 2.05) is 0 Å². The van der Waals surface area contributed by atoms with Gasteiger partial charge in [-0.1, -0.05) is 0 Å². The Labute approximate surface area is 138 Å². The summed E-state index contributed by atoms with van der Waals surface area (Å²) in [5.41, 5.74) is 0. The van der Waals surface area contributed by atoms with E-state index in [1.165, 1.54) is 0 Å². The van der Waals surface area contributed by atoms with Crippen molar-refractivity contribution in [3.8, 4) is 0 Å². The first-order valence-electron chi connectivity index (χ1n) is 9.17. The van der Waals surface area contributed by atoms with Gasteiger partial charge in [-0.3, -0.25) is 14.5 Å². The van der Waals surface area contributed by atoms with E-state index in [4.69, 9.17) is 14.3 Å². The van der Waals surface area contributed by atoms with E-state index < -0.39 is 0 Å². The molecule has 130 valence electrons. The predicted molar refractivity (Wildman–Crippen MR) is 83.6 cm³/mol. The molecule has 4 heterocycles. The molecular formula is C17H28N2O4. The van der Waals surface area contributed by atoms with E-state index in [-0.39, 0.29) is 11.8 Å². The average molecular weight is 324 g/mol. The van der Waals surface area contributed by atoms with Gasteiger partial charge in [-0.15, -0.1) is 0 Å². The fourth-order valence-electron chi connectivity index (χ4n) is 4.59. The summed E-state index contributed by atoms with van der Waals surface area (Å²) in [4.78, 5) is 21.0. The molecule has 4 rings (SSSR count). The number of hydrogen-bond acceptors (Lipinski definition) is 5. The minimum atomic E-state index is -0.0308. The molecule has 0 spiro atoms. The molecule has 0 aliphatic carbocycles. The van der Waals surface area contributed by atoms with Crippen molar-refractivity contribution in [1.29, 1.82) is 0 Å². The molecule has 0 aromatic carbocycles. The third-order valence-corrected chi connectivity index (χ3v) is 5.94. The topological polar surface area (TPSA) is 51.2 Å². The van der Waals surface area contributed by atoms with Gasteiger partial charge in [0.15, 0.2) is 0 Å². The molecule has 3 atom stereocenters. The molecule has 0 saturated carbocycles. The lowest BCUT2D eigenvalue weighted by Crippen LogP contribution is -2.47. The minimum Gasteiger partial charge on any atom is -0.381 e. The van der Waals surface area contributed by atoms with Crippen molar-refractivity contribution in [1.82, 2.24) is 9.96 Å². The van der Waals surface area contributed by atoms with Gasteiger partial charge in [0, 0.05) is 38.9 Å². The predicted octanol–water partition coefficient (Wildman–Crippen LogP) is 0.914. The minimum absolute atomic E-state index is 0.0308. The first-order chi connectivity index (χ1) is 11.3. The van der Waals surface area contributed by atoms with Crippen LogP contribution in [0.15, 0.2) is 0 Å². The highest BCUT2D eigenvalue weighted by molar-refractivity contribution is 5.78. The number of carbonyl (C=O) groups is 1. The lowest BCUT2D eigenvalue weighted by atomic mass is 9.82. The Hall–Kier alpha value is -0.690. The van der Waals surface area contributed by atoms with Crippen LogP contribution < -0.4 is 0 Å². The van der Waals surface area contributed by atoms with Gasteiger partial charge in [0.1, 0.15) is 0 Å². The molecule has 4 saturated heterocycles. The number of carbonyl (C=O) groups excluding carboxylic acids is 1. The number of fused-ring (bicyclic) bond motifs is 1. The molecule has 6 nitrogen and oxygen atoms in total. The quantitative estimate of drug-likeness (QED) is 0.756. The summed E-state index contributed by atoms with van der Waals surface area (Å²) >= 11 is 0. The number of amides is 1. The number of hydrogen-bond donors (Lipinski definition) is 0. The molecule has 0 N–H and O–H groups in total. The fourth-order valence-corrected chi connectivity index (χ4v) is 4.59. The molecule has 1 amide bonds. The van der Waals surface area contributed by atoms with E-state index in [9.17, 15) is 4.79 Å². The maximum absolute atomic E-state index is 12.9. The summed E-state index contributed by atoms with van der Waals surface area (Å²) in [6, 6.07) is 0.622. The van der Waals surface area contributed by atoms with Crippen LogP contribution in [0.2, 0.25) is 0 Å². The molecule has 6 heteroatoms. The van der Waals surface area contributed by atoms with E-state index in [0.29, 0.717) is 31.1 Å². The Morgan fingerprint density at radius 2 is 1.83 bits per heavy atom. The van der Waals surface area contributed by atoms with Gasteiger partial charge >= 0.3 is 0 Å². The van der Waals surface area contributed by atoms with E-state index in [0.717, 1.165) is 65.1 Å². The van der Waals surface area contributed by atoms with Crippen molar-refractivity contribution in [2.75, 3.05) is 52.7 Å². The Bertz CT molecular complexity index is 421. The third kappa shape index (κ3) is 3.27. The summed E-state index contributed by atoms with van der Waals surface area (Å²) in [6.07, 6.45) is 4.33. The maximum Gasteiger partial charge on any atom is 0.251 e. The van der Waals surface area contributed by atoms with Crippen LogP contribution in [0.25, 0.3) is 0 Å². The Kier molecular flexibility index (Phi) is 4.85. The summed E-state index contributed by atoms with van der Waals surface area (Å²) in [5.74, 6) is 1.03. The van der Waals surface area contributed by atoms with Gasteiger partial charge in [-0.05, 0) is 37.5 Å². The van der Waals surface area contributed by atoms with Crippen molar-refractivity contribution in [3.63, 3.8) is 0 Å². The first-order valence-corrected chi connectivity index (χ1v) is 9.17. The highest BCUT2D eigenvalue weighted by atomic mass is 16.7. The molecular weight excluding hydrogens is 296 g/mol. The van der Waals surface area contributed by atoms with Crippen LogP contribution in [0.1, 0.15) is 25.7 Å². The van der Waals surface area contributed by atoms with Gasteiger partial charge in [0.25, 0.3) is 5.91 Å². The van der Waals surface area contributed by atoms with Crippen molar-refractivity contribution in [3.05, 3.63) is 0 Å². The van der Waals surface area contributed by atoms with Crippen molar-refractivity contribution in [2.45, 2.75) is 31.7 Å². The second-order valence-electron chi connectivity index (χ2n) is 7.35. The molecule has 23 heavy (non-hydrogen) atoms. The molecule has 4 aliphatic rings. The maximum atomic E-state index is 12.9. The normalized spacial score (nSPS) is 36.9. The summed E-state index contributed by atoms with van der Waals surface area (Å²) < 4.78 is 11.3. The van der Waals surface area contributed by atoms with Crippen LogP contribution in [0, 0.1) is 17.8 Å². The number of hydroxylamine groups is 2. The Morgan fingerprint density at radius 1 is 0.957 bits per heavy atom. The number of nitrogens with zero attached hydrogens (tertiary/aromatic N) is 2. The highest BCUT2D eigenvalue weighted by Crippen LogP contribution is 2.37. The van der Waals surface area contributed by atoms with Crippen LogP contribution in [0.4, 0.5) is 0 Å². The largest absolute Gasteiger partial charge is 0.381 e. The van der Waals surface area contributed by atoms with Crippen LogP contribution >= 0.6 is 0 Å². The van der Waals surface area contributed by atoms with E-state index >= 15 is 0 Å². The Balaban J connectivity index is 1.41. The van der Waals surface area contributed by atoms with Crippen molar-refractivity contribution >= 4 is 5.91 Å². The first kappa shape index (κ1) is 15.8. The van der Waals surface area contributed by atoms with Crippen LogP contribution in [-0.4, -0.2) is 74.6 Å². The molecule has 4 fully saturated rings. The van der Waals surface area contributed by atoms with Gasteiger partial charge in [-0.25, -0.2) is 5.06 Å². The highest BCUT2D eigenvalue weighted by Gasteiger charge is 2.46. The van der Waals surface area contributed by atoms with Crippen molar-refractivity contribution < 1.29 is 19.1 Å². The zero-order chi connectivity index (χ0) is 15.6. The van der Waals surface area contributed by atoms with Gasteiger partial charge in [0.2, 0.25) is 0 Å². The summed E-state index contributed by atoms with van der Waals surface area (Å²) in [6.45, 7) is 6.60. The Morgan fingerprint density at radius 3 is 2.61 bits per heavy atom. The van der Waals surface area contributed by atoms with Gasteiger partial charge < -0.3 is 9.47 Å². The smallest absolute Gasteiger partial charge is 0.251 e. The molecule has 4 aliphatic heterocycles. The number of ether oxygens (including phenoxy) is 2. The third-order valence-electron chi connectivity index (χ3n) is 5.94. The molecule has 0 aromatic heterocycles. The molecule has 0 bridgehead atoms. The summed E-state index contributed by atoms with van der Waals surface area (Å²) in [7, 11) is 0. The number of likely N-dealkylation sites (tertiary alicyclic amines) is 1. The zero-order valence-corrected chi connectivity index (χ0v) is 13.8. The van der Waals surface area contributed by atoms with Crippen LogP contribution in [0.5, 0.6) is 0 Å². The second-order valence-corrected chi connectivity index (χ2v) is 7.35. The van der Waals surface area contributed by atoms with Crippen molar-refractivity contribution in [2.24, 2.45) is 17.8 Å². The molecule has 0 unspecified atom stereocenters. The fraction of sp³-hybridized carbons (Fsp3) is 0.941. The monoisotopic (exact) mass is 324 g/mol. The second kappa shape index (κ2) is 7.05. The molecule has 0 radical (unpaired) electrons. The summed E-state index contributed by atoms with van der Waals surface area (Å²) in [5, 5.41) is 1.61. The van der Waals surface area contributed by atoms with E-state index in [2.05, 4.69) is 4.90 Å². The average Bonchev–Trinajstić information content (AvgIpc) is 3.07. The standard InChI is InChI=1S/C17H28N2O4/c20-17(19-5-1-2-6-23-19)16-12-22-11-13-9-18(10-15(13)16)14-3-7-21-8-4-14/h13-16H,1-12H2/t13-,15-,16+/m1/s1. The lowest BCUT2D eigenvalue weighted by Gasteiger charge is -2.36.